The Morgan fingerprint density at radius 3 is 2.20 bits per heavy atom. The summed E-state index contributed by atoms with van der Waals surface area (Å²) in [5.41, 5.74) is 2.06. The number of rotatable bonds is 9. The van der Waals surface area contributed by atoms with Gasteiger partial charge in [-0.25, -0.2) is 13.1 Å². The first kappa shape index (κ1) is 23.7. The molecule has 0 radical (unpaired) electrons. The third-order valence-electron chi connectivity index (χ3n) is 4.23. The molecule has 2 rings (SSSR count). The molecule has 10 heteroatoms. The number of hydrogen-bond donors (Lipinski definition) is 2. The van der Waals surface area contributed by atoms with Crippen LogP contribution in [0.2, 0.25) is 0 Å². The SMILES string of the molecule is CCC(NC(=O)CCNS(=O)(=O)c1ccc(OC(F)(F)F)cc1)c1ccc(C)cc1. The first-order valence-electron chi connectivity index (χ1n) is 9.21. The molecule has 6 nitrogen and oxygen atoms in total. The quantitative estimate of drug-likeness (QED) is 0.616. The third kappa shape index (κ3) is 7.34. The minimum atomic E-state index is -4.86. The van der Waals surface area contributed by atoms with Gasteiger partial charge in [-0.15, -0.1) is 13.2 Å². The zero-order valence-electron chi connectivity index (χ0n) is 16.5. The fourth-order valence-electron chi connectivity index (χ4n) is 2.69. The first-order chi connectivity index (χ1) is 14.0. The number of carbonyl (C=O) groups is 1. The highest BCUT2D eigenvalue weighted by Gasteiger charge is 2.31. The molecule has 0 fully saturated rings. The lowest BCUT2D eigenvalue weighted by Gasteiger charge is -2.18. The molecule has 2 N–H and O–H groups in total. The van der Waals surface area contributed by atoms with Crippen LogP contribution in [0, 0.1) is 6.92 Å². The molecule has 0 aliphatic carbocycles. The normalized spacial score (nSPS) is 13.0. The number of carbonyl (C=O) groups excluding carboxylic acids is 1. The van der Waals surface area contributed by atoms with Crippen molar-refractivity contribution in [1.82, 2.24) is 10.0 Å². The summed E-state index contributed by atoms with van der Waals surface area (Å²) in [6.45, 7) is 3.74. The maximum Gasteiger partial charge on any atom is 0.573 e. The summed E-state index contributed by atoms with van der Waals surface area (Å²) in [7, 11) is -3.97. The maximum absolute atomic E-state index is 12.2. The smallest absolute Gasteiger partial charge is 0.406 e. The summed E-state index contributed by atoms with van der Waals surface area (Å²) >= 11 is 0. The third-order valence-corrected chi connectivity index (χ3v) is 5.71. The number of halogens is 3. The van der Waals surface area contributed by atoms with E-state index in [-0.39, 0.29) is 29.8 Å². The van der Waals surface area contributed by atoms with Crippen LogP contribution in [-0.4, -0.2) is 27.2 Å². The van der Waals surface area contributed by atoms with Gasteiger partial charge in [-0.1, -0.05) is 36.8 Å². The second-order valence-corrected chi connectivity index (χ2v) is 8.37. The molecule has 2 aromatic rings. The van der Waals surface area contributed by atoms with Gasteiger partial charge in [0.05, 0.1) is 10.9 Å². The Labute approximate surface area is 173 Å². The summed E-state index contributed by atoms with van der Waals surface area (Å²) < 4.78 is 66.9. The van der Waals surface area contributed by atoms with Crippen LogP contribution in [0.4, 0.5) is 13.2 Å². The van der Waals surface area contributed by atoms with Crippen LogP contribution < -0.4 is 14.8 Å². The number of amides is 1. The molecule has 1 unspecified atom stereocenters. The van der Waals surface area contributed by atoms with Gasteiger partial charge < -0.3 is 10.1 Å². The van der Waals surface area contributed by atoms with Gasteiger partial charge in [0.2, 0.25) is 15.9 Å². The van der Waals surface area contributed by atoms with Crippen molar-refractivity contribution in [1.29, 1.82) is 0 Å². The highest BCUT2D eigenvalue weighted by atomic mass is 32.2. The van der Waals surface area contributed by atoms with E-state index in [1.54, 1.807) is 0 Å². The van der Waals surface area contributed by atoms with Crippen molar-refractivity contribution in [2.45, 2.75) is 44.0 Å². The molecule has 30 heavy (non-hydrogen) atoms. The number of ether oxygens (including phenoxy) is 1. The number of aryl methyl sites for hydroxylation is 1. The Morgan fingerprint density at radius 1 is 1.07 bits per heavy atom. The molecule has 0 aromatic heterocycles. The van der Waals surface area contributed by atoms with Gasteiger partial charge in [0.1, 0.15) is 5.75 Å². The lowest BCUT2D eigenvalue weighted by molar-refractivity contribution is -0.274. The minimum Gasteiger partial charge on any atom is -0.406 e. The van der Waals surface area contributed by atoms with Crippen LogP contribution in [0.1, 0.15) is 36.9 Å². The second kappa shape index (κ2) is 9.94. The van der Waals surface area contributed by atoms with Gasteiger partial charge in [-0.05, 0) is 43.2 Å². The first-order valence-corrected chi connectivity index (χ1v) is 10.7. The molecule has 0 spiro atoms. The molecule has 1 amide bonds. The zero-order chi connectivity index (χ0) is 22.4. The van der Waals surface area contributed by atoms with Gasteiger partial charge in [-0.3, -0.25) is 4.79 Å². The van der Waals surface area contributed by atoms with Crippen LogP contribution in [0.5, 0.6) is 5.75 Å². The van der Waals surface area contributed by atoms with Crippen LogP contribution >= 0.6 is 0 Å². The summed E-state index contributed by atoms with van der Waals surface area (Å²) in [6.07, 6.45) is -4.27. The molecule has 0 heterocycles. The monoisotopic (exact) mass is 444 g/mol. The van der Waals surface area contributed by atoms with E-state index in [4.69, 9.17) is 0 Å². The van der Waals surface area contributed by atoms with E-state index in [0.29, 0.717) is 6.42 Å². The van der Waals surface area contributed by atoms with E-state index in [2.05, 4.69) is 14.8 Å². The zero-order valence-corrected chi connectivity index (χ0v) is 17.3. The van der Waals surface area contributed by atoms with Crippen molar-refractivity contribution in [2.75, 3.05) is 6.54 Å². The second-order valence-electron chi connectivity index (χ2n) is 6.61. The van der Waals surface area contributed by atoms with Crippen LogP contribution in [0.3, 0.4) is 0 Å². The van der Waals surface area contributed by atoms with Gasteiger partial charge in [0.25, 0.3) is 0 Å². The van der Waals surface area contributed by atoms with Gasteiger partial charge in [-0.2, -0.15) is 0 Å². The number of hydrogen-bond acceptors (Lipinski definition) is 4. The number of benzene rings is 2. The van der Waals surface area contributed by atoms with Crippen molar-refractivity contribution in [3.8, 4) is 5.75 Å². The van der Waals surface area contributed by atoms with Crippen molar-refractivity contribution in [3.05, 3.63) is 59.7 Å². The fraction of sp³-hybridized carbons (Fsp3) is 0.350. The van der Waals surface area contributed by atoms with E-state index in [0.717, 1.165) is 35.4 Å². The van der Waals surface area contributed by atoms with E-state index in [1.165, 1.54) is 0 Å². The van der Waals surface area contributed by atoms with Gasteiger partial charge in [0.15, 0.2) is 0 Å². The van der Waals surface area contributed by atoms with Crippen molar-refractivity contribution < 1.29 is 31.1 Å². The van der Waals surface area contributed by atoms with E-state index in [1.807, 2.05) is 38.1 Å². The minimum absolute atomic E-state index is 0.0864. The van der Waals surface area contributed by atoms with E-state index >= 15 is 0 Å². The Morgan fingerprint density at radius 2 is 1.67 bits per heavy atom. The number of nitrogens with one attached hydrogen (secondary N) is 2. The predicted octanol–water partition coefficient (Wildman–Crippen LogP) is 3.83. The Bertz CT molecular complexity index is 944. The molecule has 0 saturated heterocycles. The highest BCUT2D eigenvalue weighted by molar-refractivity contribution is 7.89. The van der Waals surface area contributed by atoms with Gasteiger partial charge in [0, 0.05) is 13.0 Å². The number of alkyl halides is 3. The summed E-state index contributed by atoms with van der Waals surface area (Å²) in [5.74, 6) is -0.846. The van der Waals surface area contributed by atoms with Crippen LogP contribution in [0.25, 0.3) is 0 Å². The van der Waals surface area contributed by atoms with Crippen molar-refractivity contribution in [3.63, 3.8) is 0 Å². The summed E-state index contributed by atoms with van der Waals surface area (Å²) in [6, 6.07) is 11.4. The van der Waals surface area contributed by atoms with E-state index < -0.39 is 22.1 Å². The number of sulfonamides is 1. The molecular weight excluding hydrogens is 421 g/mol. The van der Waals surface area contributed by atoms with Crippen molar-refractivity contribution in [2.24, 2.45) is 0 Å². The molecule has 1 atom stereocenters. The van der Waals surface area contributed by atoms with Gasteiger partial charge >= 0.3 is 6.36 Å². The highest BCUT2D eigenvalue weighted by Crippen LogP contribution is 2.24. The average molecular weight is 444 g/mol. The standard InChI is InChI=1S/C20H23F3N2O4S/c1-3-18(15-6-4-14(2)5-7-15)25-19(26)12-13-24-30(27,28)17-10-8-16(9-11-17)29-20(21,22)23/h4-11,18,24H,3,12-13H2,1-2H3,(H,25,26). The lowest BCUT2D eigenvalue weighted by Crippen LogP contribution is -2.32. The largest absolute Gasteiger partial charge is 0.573 e. The summed E-state index contributed by atoms with van der Waals surface area (Å²) in [5, 5.41) is 2.86. The predicted molar refractivity (Wildman–Crippen MR) is 105 cm³/mol. The molecule has 0 aliphatic rings. The van der Waals surface area contributed by atoms with Crippen molar-refractivity contribution >= 4 is 15.9 Å². The van der Waals surface area contributed by atoms with E-state index in [9.17, 15) is 26.4 Å². The molecule has 164 valence electrons. The molecule has 0 bridgehead atoms. The van der Waals surface area contributed by atoms with Crippen LogP contribution in [-0.2, 0) is 14.8 Å². The van der Waals surface area contributed by atoms with Crippen LogP contribution in [0.15, 0.2) is 53.4 Å². The Balaban J connectivity index is 1.88. The molecular formula is C20H23F3N2O4S. The molecule has 2 aromatic carbocycles. The Hall–Kier alpha value is -2.59. The maximum atomic E-state index is 12.2. The average Bonchev–Trinajstić information content (AvgIpc) is 2.66. The lowest BCUT2D eigenvalue weighted by atomic mass is 10.0. The summed E-state index contributed by atoms with van der Waals surface area (Å²) in [4.78, 5) is 12.0. The fourth-order valence-corrected chi connectivity index (χ4v) is 3.72. The topological polar surface area (TPSA) is 84.5 Å². The molecule has 0 aliphatic heterocycles. The Kier molecular flexibility index (Phi) is 7.85. The molecule has 0 saturated carbocycles.